The molecular weight excluding hydrogens is 1130 g/mol. The van der Waals surface area contributed by atoms with Gasteiger partial charge in [0.25, 0.3) is 0 Å². The highest BCUT2D eigenvalue weighted by Crippen LogP contribution is 2.27. The minimum Gasteiger partial charge on any atom is -0.459 e. The van der Waals surface area contributed by atoms with Crippen LogP contribution in [0.3, 0.4) is 0 Å². The summed E-state index contributed by atoms with van der Waals surface area (Å²) < 4.78 is 5.93. The second kappa shape index (κ2) is 36.1. The van der Waals surface area contributed by atoms with E-state index in [1.807, 2.05) is 61.5 Å². The molecule has 1 saturated heterocycles. The number of hydrogen-bond donors (Lipinski definition) is 4. The van der Waals surface area contributed by atoms with Crippen molar-refractivity contribution in [3.05, 3.63) is 12.2 Å². The number of esters is 1. The number of hydrogen-bond acceptors (Lipinski definition) is 13. The van der Waals surface area contributed by atoms with Crippen molar-refractivity contribution in [2.24, 2.45) is 41.4 Å². The van der Waals surface area contributed by atoms with Crippen molar-refractivity contribution in [1.29, 1.82) is 0 Å². The third-order valence-electron chi connectivity index (χ3n) is 16.3. The summed E-state index contributed by atoms with van der Waals surface area (Å²) >= 11 is 0. The molecule has 4 N–H and O–H groups in total. The molecular formula is C64H113N11O13. The maximum atomic E-state index is 15.4. The average molecular weight is 1240 g/mol. The molecule has 1 rings (SSSR count). The van der Waals surface area contributed by atoms with Gasteiger partial charge in [0.05, 0.1) is 6.54 Å². The molecule has 1 heterocycles. The van der Waals surface area contributed by atoms with Gasteiger partial charge in [-0.25, -0.2) is 0 Å². The first-order chi connectivity index (χ1) is 40.6. The summed E-state index contributed by atoms with van der Waals surface area (Å²) in [5, 5.41) is 11.0. The second-order valence-electron chi connectivity index (χ2n) is 26.7. The maximum Gasteiger partial charge on any atom is 0.303 e. The van der Waals surface area contributed by atoms with Crippen molar-refractivity contribution in [3.63, 3.8) is 0 Å². The largest absolute Gasteiger partial charge is 0.459 e. The molecule has 88 heavy (non-hydrogen) atoms. The van der Waals surface area contributed by atoms with Crippen molar-refractivity contribution in [2.75, 3.05) is 55.9 Å². The van der Waals surface area contributed by atoms with E-state index in [1.54, 1.807) is 54.5 Å². The first-order valence-electron chi connectivity index (χ1n) is 31.4. The first kappa shape index (κ1) is 79.4. The second-order valence-corrected chi connectivity index (χ2v) is 26.7. The van der Waals surface area contributed by atoms with Crippen molar-refractivity contribution in [2.45, 2.75) is 230 Å². The summed E-state index contributed by atoms with van der Waals surface area (Å²) in [4.78, 5) is 183. The molecule has 0 saturated carbocycles. The number of nitrogens with one attached hydrogen (secondary N) is 4. The van der Waals surface area contributed by atoms with Crippen LogP contribution in [0, 0.1) is 41.4 Å². The fourth-order valence-electron chi connectivity index (χ4n) is 11.0. The SMILES string of the molecule is CC=CC[C@@H](C)[C@@H](OC(C)=O)[C@H]1C(=O)N[C@@H](CC)C(=O)N(C)CC(=O)N(C)[C@H](CC(C)C)C(=O)N[C@@H](C(C)C)C(=O)N(C)[C@@H](CC(C)C)C(=O)N[C@@H](C)C(=O)N[C@H](C)C(=O)N(C)[C@@H](CC(C)C)C(=O)N(C)[C@@H](CC(C)C)C(=O)N(C)[C@H](C(C)C)C(=O)N1C. The van der Waals surface area contributed by atoms with Crippen LogP contribution in [-0.4, -0.2) is 228 Å². The minimum atomic E-state index is -1.61. The Morgan fingerprint density at radius 3 is 1.35 bits per heavy atom. The summed E-state index contributed by atoms with van der Waals surface area (Å²) in [6.07, 6.45) is 3.15. The Balaban J connectivity index is 4.43. The van der Waals surface area contributed by atoms with Gasteiger partial charge in [0.2, 0.25) is 65.0 Å². The Hall–Kier alpha value is -6.62. The number of carbonyl (C=O) groups excluding carboxylic acids is 12. The van der Waals surface area contributed by atoms with Crippen LogP contribution in [0.5, 0.6) is 0 Å². The van der Waals surface area contributed by atoms with Crippen LogP contribution in [0.15, 0.2) is 12.2 Å². The molecule has 1 fully saturated rings. The molecule has 0 aromatic rings. The van der Waals surface area contributed by atoms with Gasteiger partial charge in [-0.05, 0) is 101 Å². The number of ether oxygens (including phenoxy) is 1. The van der Waals surface area contributed by atoms with Gasteiger partial charge in [-0.15, -0.1) is 0 Å². The molecule has 0 aromatic carbocycles. The Labute approximate surface area is 526 Å². The highest BCUT2D eigenvalue weighted by atomic mass is 16.5. The summed E-state index contributed by atoms with van der Waals surface area (Å²) in [5.41, 5.74) is 0. The third-order valence-corrected chi connectivity index (χ3v) is 16.3. The van der Waals surface area contributed by atoms with Gasteiger partial charge in [-0.1, -0.05) is 109 Å². The normalized spacial score (nSPS) is 26.3. The van der Waals surface area contributed by atoms with Crippen LogP contribution in [0.25, 0.3) is 0 Å². The third kappa shape index (κ3) is 22.5. The quantitative estimate of drug-likeness (QED) is 0.126. The molecule has 0 aliphatic carbocycles. The predicted octanol–water partition coefficient (Wildman–Crippen LogP) is 3.84. The standard InChI is InChI=1S/C64H113N11O13/c1-26-28-29-41(15)54(88-44(18)76)53-58(81)67-45(27-2)60(83)69(19)34-50(77)70(20)46(30-35(3)4)57(80)68-51(39(11)12)63(86)71(21)47(31-36(5)6)56(79)65-42(16)55(78)66-43(17)59(82)72(22)48(32-37(7)8)61(84)73(23)49(33-38(9)10)62(85)74(24)52(40(13)14)64(87)75(53)25/h26,28,35-43,45-49,51-54H,27,29-34H2,1-25H3,(H,65,79)(H,66,78)(H,67,81)(H,68,80)/t41-,42+,43-,45+,46-,47+,48+,49+,51+,52-,53+,54-/m1/s1. The molecule has 11 amide bonds. The Morgan fingerprint density at radius 1 is 0.489 bits per heavy atom. The van der Waals surface area contributed by atoms with E-state index in [4.69, 9.17) is 4.74 Å². The lowest BCUT2D eigenvalue weighted by Crippen LogP contribution is -2.64. The summed E-state index contributed by atoms with van der Waals surface area (Å²) in [6.45, 7) is 30.4. The number of likely N-dealkylation sites (N-methyl/N-ethyl adjacent to an activating group) is 7. The van der Waals surface area contributed by atoms with Crippen LogP contribution in [-0.2, 0) is 62.3 Å². The van der Waals surface area contributed by atoms with Crippen LogP contribution in [0.1, 0.15) is 163 Å². The molecule has 24 heteroatoms. The molecule has 0 radical (unpaired) electrons. The Bertz CT molecular complexity index is 2450. The lowest BCUT2D eigenvalue weighted by molar-refractivity contribution is -0.164. The molecule has 0 unspecified atom stereocenters. The smallest absolute Gasteiger partial charge is 0.303 e. The lowest BCUT2D eigenvalue weighted by atomic mass is 9.91. The van der Waals surface area contributed by atoms with Gasteiger partial charge in [-0.3, -0.25) is 57.5 Å². The van der Waals surface area contributed by atoms with Crippen molar-refractivity contribution >= 4 is 70.9 Å². The average Bonchev–Trinajstić information content (AvgIpc) is 2.69. The van der Waals surface area contributed by atoms with Crippen LogP contribution in [0.2, 0.25) is 0 Å². The van der Waals surface area contributed by atoms with Crippen LogP contribution >= 0.6 is 0 Å². The summed E-state index contributed by atoms with van der Waals surface area (Å²) in [7, 11) is 9.89. The van der Waals surface area contributed by atoms with E-state index in [2.05, 4.69) is 21.3 Å². The van der Waals surface area contributed by atoms with E-state index in [0.29, 0.717) is 6.42 Å². The fraction of sp³-hybridized carbons (Fsp3) is 0.781. The van der Waals surface area contributed by atoms with Gasteiger partial charge in [0, 0.05) is 56.3 Å². The van der Waals surface area contributed by atoms with E-state index in [-0.39, 0.29) is 55.8 Å². The molecule has 0 spiro atoms. The van der Waals surface area contributed by atoms with Crippen molar-refractivity contribution in [1.82, 2.24) is 55.6 Å². The summed E-state index contributed by atoms with van der Waals surface area (Å²) in [6, 6.07) is -12.5. The molecule has 24 nitrogen and oxygen atoms in total. The van der Waals surface area contributed by atoms with Crippen LogP contribution < -0.4 is 21.3 Å². The molecule has 502 valence electrons. The Morgan fingerprint density at radius 2 is 0.909 bits per heavy atom. The molecule has 0 aromatic heterocycles. The van der Waals surface area contributed by atoms with Gasteiger partial charge in [0.15, 0.2) is 0 Å². The topological polar surface area (TPSA) is 285 Å². The molecule has 1 aliphatic rings. The van der Waals surface area contributed by atoms with E-state index in [1.165, 1.54) is 94.6 Å². The van der Waals surface area contributed by atoms with Gasteiger partial charge in [-0.2, -0.15) is 0 Å². The maximum absolute atomic E-state index is 15.4. The minimum absolute atomic E-state index is 0.00279. The predicted molar refractivity (Wildman–Crippen MR) is 338 cm³/mol. The summed E-state index contributed by atoms with van der Waals surface area (Å²) in [5.74, 6) is -10.7. The number of carbonyl (C=O) groups is 12. The zero-order valence-corrected chi connectivity index (χ0v) is 57.9. The number of allylic oxidation sites excluding steroid dienone is 2. The fourth-order valence-corrected chi connectivity index (χ4v) is 11.0. The van der Waals surface area contributed by atoms with Gasteiger partial charge in [0.1, 0.15) is 66.5 Å². The monoisotopic (exact) mass is 1240 g/mol. The van der Waals surface area contributed by atoms with E-state index in [0.717, 1.165) is 9.80 Å². The zero-order valence-electron chi connectivity index (χ0n) is 57.9. The van der Waals surface area contributed by atoms with Crippen molar-refractivity contribution in [3.8, 4) is 0 Å². The highest BCUT2D eigenvalue weighted by Gasteiger charge is 2.47. The zero-order chi connectivity index (χ0) is 68.3. The number of amides is 11. The van der Waals surface area contributed by atoms with Gasteiger partial charge < -0.3 is 60.3 Å². The molecule has 1 aliphatic heterocycles. The highest BCUT2D eigenvalue weighted by molar-refractivity contribution is 5.99. The van der Waals surface area contributed by atoms with Crippen molar-refractivity contribution < 1.29 is 62.3 Å². The van der Waals surface area contributed by atoms with E-state index in [9.17, 15) is 38.4 Å². The molecule has 12 atom stereocenters. The van der Waals surface area contributed by atoms with E-state index >= 15 is 19.2 Å². The first-order valence-corrected chi connectivity index (χ1v) is 31.4. The van der Waals surface area contributed by atoms with Gasteiger partial charge >= 0.3 is 5.97 Å². The number of nitrogens with zero attached hydrogens (tertiary/aromatic N) is 7. The van der Waals surface area contributed by atoms with Crippen LogP contribution in [0.4, 0.5) is 0 Å². The lowest BCUT2D eigenvalue weighted by Gasteiger charge is -2.42. The number of rotatable bonds is 16. The van der Waals surface area contributed by atoms with E-state index < -0.39 is 162 Å². The molecule has 0 bridgehead atoms. The Kier molecular flexibility index (Phi) is 32.6.